The Bertz CT molecular complexity index is 1310. The molecule has 1 aliphatic heterocycles. The van der Waals surface area contributed by atoms with Gasteiger partial charge < -0.3 is 25.6 Å². The lowest BCUT2D eigenvalue weighted by Crippen LogP contribution is -2.46. The summed E-state index contributed by atoms with van der Waals surface area (Å²) in [7, 11) is 5.95. The molecule has 9 nitrogen and oxygen atoms in total. The number of nitrogens with zero attached hydrogens (tertiary/aromatic N) is 6. The number of ether oxygens (including phenoxy) is 1. The van der Waals surface area contributed by atoms with E-state index in [9.17, 15) is 0 Å². The first-order valence-electron chi connectivity index (χ1n) is 15.4. The van der Waals surface area contributed by atoms with Crippen LogP contribution < -0.4 is 16.0 Å². The number of nitrogens with one attached hydrogen (secondary N) is 1. The predicted octanol–water partition coefficient (Wildman–Crippen LogP) is 5.05. The van der Waals surface area contributed by atoms with Gasteiger partial charge in [0, 0.05) is 75.0 Å². The zero-order valence-corrected chi connectivity index (χ0v) is 26.3. The molecule has 1 fully saturated rings. The van der Waals surface area contributed by atoms with E-state index < -0.39 is 0 Å². The minimum atomic E-state index is -0.300. The molecule has 3 aromatic rings. The van der Waals surface area contributed by atoms with Crippen LogP contribution >= 0.6 is 0 Å². The topological polar surface area (TPSA) is 95.7 Å². The molecule has 0 bridgehead atoms. The number of benzene rings is 1. The van der Waals surface area contributed by atoms with Crippen molar-refractivity contribution in [2.75, 3.05) is 76.5 Å². The molecule has 10 heteroatoms. The Balaban J connectivity index is 1.58. The molecule has 3 N–H and O–H groups in total. The number of methoxy groups -OCH3 is 1. The summed E-state index contributed by atoms with van der Waals surface area (Å²) >= 11 is 0. The Morgan fingerprint density at radius 3 is 2.48 bits per heavy atom. The van der Waals surface area contributed by atoms with Gasteiger partial charge in [0.25, 0.3) is 0 Å². The van der Waals surface area contributed by atoms with Crippen molar-refractivity contribution < 1.29 is 9.13 Å². The van der Waals surface area contributed by atoms with Gasteiger partial charge in [0.15, 0.2) is 5.82 Å². The van der Waals surface area contributed by atoms with Gasteiger partial charge in [-0.15, -0.1) is 0 Å². The SMILES string of the molecule is CCc1nc2c(N)ncc(-c3ccc(N4CCC(N(CC)CCN(C)C)CC4)cc3F)c2nc1NC(CC)CCOC. The summed E-state index contributed by atoms with van der Waals surface area (Å²) in [6.45, 7) is 12.1. The lowest BCUT2D eigenvalue weighted by Gasteiger charge is -2.39. The Morgan fingerprint density at radius 1 is 1.10 bits per heavy atom. The van der Waals surface area contributed by atoms with Crippen molar-refractivity contribution in [1.29, 1.82) is 0 Å². The van der Waals surface area contributed by atoms with Gasteiger partial charge >= 0.3 is 0 Å². The van der Waals surface area contributed by atoms with Crippen LogP contribution in [0.3, 0.4) is 0 Å². The number of rotatable bonds is 14. The second kappa shape index (κ2) is 14.9. The fraction of sp³-hybridized carbons (Fsp3) is 0.594. The van der Waals surface area contributed by atoms with Gasteiger partial charge in [0.1, 0.15) is 22.7 Å². The number of likely N-dealkylation sites (N-methyl/N-ethyl adjacent to an activating group) is 2. The van der Waals surface area contributed by atoms with E-state index in [2.05, 4.69) is 52.9 Å². The number of piperidine rings is 1. The van der Waals surface area contributed by atoms with Crippen LogP contribution in [0.5, 0.6) is 0 Å². The number of anilines is 3. The highest BCUT2D eigenvalue weighted by molar-refractivity contribution is 5.97. The van der Waals surface area contributed by atoms with Gasteiger partial charge in [-0.3, -0.25) is 4.90 Å². The van der Waals surface area contributed by atoms with Gasteiger partial charge in [-0.1, -0.05) is 20.8 Å². The summed E-state index contributed by atoms with van der Waals surface area (Å²) in [6, 6.07) is 6.25. The van der Waals surface area contributed by atoms with E-state index in [-0.39, 0.29) is 11.9 Å². The van der Waals surface area contributed by atoms with Crippen LogP contribution in [-0.4, -0.2) is 97.4 Å². The monoisotopic (exact) mass is 580 g/mol. The van der Waals surface area contributed by atoms with Gasteiger partial charge in [-0.05, 0) is 70.9 Å². The number of nitrogen functional groups attached to an aromatic ring is 1. The number of pyridine rings is 1. The smallest absolute Gasteiger partial charge is 0.151 e. The van der Waals surface area contributed by atoms with Crippen LogP contribution in [0.2, 0.25) is 0 Å². The Kier molecular flexibility index (Phi) is 11.3. The molecule has 230 valence electrons. The molecule has 1 unspecified atom stereocenters. The summed E-state index contributed by atoms with van der Waals surface area (Å²) in [6.07, 6.45) is 6.21. The molecule has 0 amide bonds. The van der Waals surface area contributed by atoms with E-state index in [1.165, 1.54) is 0 Å². The molecule has 1 atom stereocenters. The molecule has 0 radical (unpaired) electrons. The highest BCUT2D eigenvalue weighted by atomic mass is 19.1. The van der Waals surface area contributed by atoms with E-state index in [0.29, 0.717) is 52.9 Å². The summed E-state index contributed by atoms with van der Waals surface area (Å²) < 4.78 is 21.1. The summed E-state index contributed by atoms with van der Waals surface area (Å²) in [5, 5.41) is 3.55. The number of fused-ring (bicyclic) bond motifs is 1. The molecule has 1 saturated heterocycles. The molecule has 2 aromatic heterocycles. The van der Waals surface area contributed by atoms with Crippen molar-refractivity contribution in [2.45, 2.75) is 65.0 Å². The summed E-state index contributed by atoms with van der Waals surface area (Å²) in [5.74, 6) is 0.693. The standard InChI is InChI=1S/C32H49FN8O/c1-7-22(14-19-42-6)36-32-28(8-2)37-30-29(38-32)26(21-35-31(30)34)25-11-10-24(20-27(25)33)41-15-12-23(13-16-41)40(9-3)18-17-39(4)5/h10-11,20-23H,7-9,12-19H2,1-6H3,(H2,34,35)(H,36,38). The van der Waals surface area contributed by atoms with Crippen LogP contribution in [0.4, 0.5) is 21.7 Å². The third-order valence-corrected chi connectivity index (χ3v) is 8.47. The molecule has 1 aromatic carbocycles. The number of aryl methyl sites for hydroxylation is 1. The highest BCUT2D eigenvalue weighted by Crippen LogP contribution is 2.34. The molecule has 1 aliphatic rings. The number of hydrogen-bond acceptors (Lipinski definition) is 9. The molecule has 0 spiro atoms. The quantitative estimate of drug-likeness (QED) is 0.271. The Labute approximate surface area is 250 Å². The zero-order chi connectivity index (χ0) is 30.2. The fourth-order valence-electron chi connectivity index (χ4n) is 5.82. The van der Waals surface area contributed by atoms with Gasteiger partial charge in [0.05, 0.1) is 5.69 Å². The van der Waals surface area contributed by atoms with Crippen LogP contribution in [0.15, 0.2) is 24.4 Å². The maximum atomic E-state index is 15.8. The van der Waals surface area contributed by atoms with E-state index in [1.807, 2.05) is 19.1 Å². The summed E-state index contributed by atoms with van der Waals surface area (Å²) in [4.78, 5) is 21.3. The Morgan fingerprint density at radius 2 is 1.86 bits per heavy atom. The molecular formula is C32H49FN8O. The zero-order valence-electron chi connectivity index (χ0n) is 26.3. The van der Waals surface area contributed by atoms with Crippen LogP contribution in [0.1, 0.15) is 52.1 Å². The maximum Gasteiger partial charge on any atom is 0.151 e. The maximum absolute atomic E-state index is 15.8. The molecule has 0 aliphatic carbocycles. The minimum Gasteiger partial charge on any atom is -0.385 e. The number of hydrogen-bond donors (Lipinski definition) is 2. The lowest BCUT2D eigenvalue weighted by molar-refractivity contribution is 0.163. The summed E-state index contributed by atoms with van der Waals surface area (Å²) in [5.41, 5.74) is 10.1. The second-order valence-corrected chi connectivity index (χ2v) is 11.5. The van der Waals surface area contributed by atoms with E-state index in [4.69, 9.17) is 20.4 Å². The predicted molar refractivity (Wildman–Crippen MR) is 172 cm³/mol. The number of halogens is 1. The normalized spacial score (nSPS) is 15.2. The highest BCUT2D eigenvalue weighted by Gasteiger charge is 2.25. The number of nitrogens with two attached hydrogens (primary N) is 1. The third kappa shape index (κ3) is 7.46. The first-order chi connectivity index (χ1) is 20.3. The second-order valence-electron chi connectivity index (χ2n) is 11.5. The van der Waals surface area contributed by atoms with Crippen molar-refractivity contribution >= 4 is 28.4 Å². The molecule has 42 heavy (non-hydrogen) atoms. The molecule has 4 rings (SSSR count). The first-order valence-corrected chi connectivity index (χ1v) is 15.4. The molecular weight excluding hydrogens is 531 g/mol. The van der Waals surface area contributed by atoms with Crippen LogP contribution in [-0.2, 0) is 11.2 Å². The van der Waals surface area contributed by atoms with Crippen molar-refractivity contribution in [2.24, 2.45) is 0 Å². The van der Waals surface area contributed by atoms with Gasteiger partial charge in [0.2, 0.25) is 0 Å². The molecule has 0 saturated carbocycles. The largest absolute Gasteiger partial charge is 0.385 e. The van der Waals surface area contributed by atoms with E-state index in [0.717, 1.165) is 69.8 Å². The van der Waals surface area contributed by atoms with Crippen molar-refractivity contribution in [3.8, 4) is 11.1 Å². The molecule has 3 heterocycles. The van der Waals surface area contributed by atoms with E-state index >= 15 is 4.39 Å². The van der Waals surface area contributed by atoms with Gasteiger partial charge in [-0.25, -0.2) is 19.3 Å². The van der Waals surface area contributed by atoms with Crippen molar-refractivity contribution in [3.63, 3.8) is 0 Å². The van der Waals surface area contributed by atoms with Crippen LogP contribution in [0.25, 0.3) is 22.2 Å². The average molecular weight is 581 g/mol. The van der Waals surface area contributed by atoms with Crippen LogP contribution in [0, 0.1) is 5.82 Å². The Hall–Kier alpha value is -3.08. The number of aromatic nitrogens is 3. The minimum absolute atomic E-state index is 0.183. The van der Waals surface area contributed by atoms with Crippen molar-refractivity contribution in [1.82, 2.24) is 24.8 Å². The van der Waals surface area contributed by atoms with Crippen molar-refractivity contribution in [3.05, 3.63) is 35.9 Å². The van der Waals surface area contributed by atoms with E-state index in [1.54, 1.807) is 19.4 Å². The lowest BCUT2D eigenvalue weighted by atomic mass is 10.0. The first kappa shape index (κ1) is 31.8. The van der Waals surface area contributed by atoms with Gasteiger partial charge in [-0.2, -0.15) is 0 Å². The third-order valence-electron chi connectivity index (χ3n) is 8.47. The fourth-order valence-corrected chi connectivity index (χ4v) is 5.82. The average Bonchev–Trinajstić information content (AvgIpc) is 3.00.